The Hall–Kier alpha value is -1.16. The number of hydrogen-bond acceptors (Lipinski definition) is 4. The maximum atomic E-state index is 4.51. The molecule has 1 aliphatic heterocycles. The molecule has 2 rings (SSSR count). The van der Waals surface area contributed by atoms with E-state index in [4.69, 9.17) is 0 Å². The Morgan fingerprint density at radius 3 is 2.70 bits per heavy atom. The van der Waals surface area contributed by atoms with Crippen molar-refractivity contribution in [1.29, 1.82) is 0 Å². The summed E-state index contributed by atoms with van der Waals surface area (Å²) in [6, 6.07) is 2.17. The summed E-state index contributed by atoms with van der Waals surface area (Å²) in [6.45, 7) is 11.1. The minimum absolute atomic E-state index is 0.458. The Kier molecular flexibility index (Phi) is 5.77. The summed E-state index contributed by atoms with van der Waals surface area (Å²) in [5.41, 5.74) is 1.14. The molecule has 1 fully saturated rings. The maximum Gasteiger partial charge on any atom is 0.132 e. The van der Waals surface area contributed by atoms with Crippen molar-refractivity contribution >= 4 is 5.82 Å². The van der Waals surface area contributed by atoms with Gasteiger partial charge in [0.1, 0.15) is 12.1 Å². The largest absolute Gasteiger partial charge is 0.356 e. The lowest BCUT2D eigenvalue weighted by Crippen LogP contribution is -2.37. The SMILES string of the molecule is CCCN(CC1CCNCC1)c1cc(C(C)C)ncn1. The summed E-state index contributed by atoms with van der Waals surface area (Å²) in [6.07, 6.45) is 5.44. The van der Waals surface area contributed by atoms with E-state index >= 15 is 0 Å². The fraction of sp³-hybridized carbons (Fsp3) is 0.750. The maximum absolute atomic E-state index is 4.51. The molecule has 112 valence electrons. The third-order valence-corrected chi connectivity index (χ3v) is 4.02. The lowest BCUT2D eigenvalue weighted by molar-refractivity contribution is 0.372. The van der Waals surface area contributed by atoms with Crippen molar-refractivity contribution in [3.05, 3.63) is 18.1 Å². The van der Waals surface area contributed by atoms with Gasteiger partial charge in [0.05, 0.1) is 0 Å². The Bertz CT molecular complexity index is 399. The molecule has 1 N–H and O–H groups in total. The molecule has 20 heavy (non-hydrogen) atoms. The predicted octanol–water partition coefficient (Wildman–Crippen LogP) is 2.82. The van der Waals surface area contributed by atoms with Gasteiger partial charge in [-0.05, 0) is 44.2 Å². The highest BCUT2D eigenvalue weighted by Crippen LogP contribution is 2.21. The van der Waals surface area contributed by atoms with Gasteiger partial charge in [0, 0.05) is 24.8 Å². The third kappa shape index (κ3) is 4.17. The van der Waals surface area contributed by atoms with Gasteiger partial charge in [0.15, 0.2) is 0 Å². The monoisotopic (exact) mass is 276 g/mol. The number of rotatable bonds is 6. The van der Waals surface area contributed by atoms with E-state index in [0.29, 0.717) is 5.92 Å². The van der Waals surface area contributed by atoms with E-state index in [-0.39, 0.29) is 0 Å². The first-order valence-corrected chi connectivity index (χ1v) is 7.98. The van der Waals surface area contributed by atoms with Gasteiger partial charge in [0.25, 0.3) is 0 Å². The predicted molar refractivity (Wildman–Crippen MR) is 84.2 cm³/mol. The molecule has 1 aromatic rings. The smallest absolute Gasteiger partial charge is 0.132 e. The van der Waals surface area contributed by atoms with Crippen LogP contribution in [-0.2, 0) is 0 Å². The van der Waals surface area contributed by atoms with Gasteiger partial charge in [-0.3, -0.25) is 0 Å². The van der Waals surface area contributed by atoms with E-state index in [2.05, 4.69) is 47.0 Å². The minimum atomic E-state index is 0.458. The van der Waals surface area contributed by atoms with E-state index in [9.17, 15) is 0 Å². The van der Waals surface area contributed by atoms with Gasteiger partial charge in [-0.25, -0.2) is 9.97 Å². The average molecular weight is 276 g/mol. The lowest BCUT2D eigenvalue weighted by atomic mass is 9.97. The number of nitrogens with one attached hydrogen (secondary N) is 1. The topological polar surface area (TPSA) is 41.0 Å². The molecule has 4 heteroatoms. The molecule has 4 nitrogen and oxygen atoms in total. The van der Waals surface area contributed by atoms with Crippen LogP contribution < -0.4 is 10.2 Å². The summed E-state index contributed by atoms with van der Waals surface area (Å²) in [7, 11) is 0. The summed E-state index contributed by atoms with van der Waals surface area (Å²) >= 11 is 0. The zero-order chi connectivity index (χ0) is 14.4. The second-order valence-electron chi connectivity index (χ2n) is 6.10. The molecular weight excluding hydrogens is 248 g/mol. The number of hydrogen-bond donors (Lipinski definition) is 1. The highest BCUT2D eigenvalue weighted by atomic mass is 15.2. The first-order valence-electron chi connectivity index (χ1n) is 7.98. The van der Waals surface area contributed by atoms with E-state index < -0.39 is 0 Å². The molecule has 1 saturated heterocycles. The summed E-state index contributed by atoms with van der Waals surface area (Å²) in [5.74, 6) is 2.35. The van der Waals surface area contributed by atoms with Crippen molar-refractivity contribution < 1.29 is 0 Å². The molecule has 0 aliphatic carbocycles. The molecule has 0 radical (unpaired) electrons. The molecule has 0 unspecified atom stereocenters. The van der Waals surface area contributed by atoms with E-state index in [1.54, 1.807) is 6.33 Å². The van der Waals surface area contributed by atoms with Crippen LogP contribution in [0.5, 0.6) is 0 Å². The molecule has 0 aromatic carbocycles. The van der Waals surface area contributed by atoms with E-state index in [0.717, 1.165) is 50.0 Å². The van der Waals surface area contributed by atoms with Gasteiger partial charge in [-0.2, -0.15) is 0 Å². The lowest BCUT2D eigenvalue weighted by Gasteiger charge is -2.31. The van der Waals surface area contributed by atoms with E-state index in [1.807, 2.05) is 0 Å². The second-order valence-corrected chi connectivity index (χ2v) is 6.10. The molecule has 0 spiro atoms. The van der Waals surface area contributed by atoms with Crippen LogP contribution in [0.1, 0.15) is 51.6 Å². The number of aromatic nitrogens is 2. The van der Waals surface area contributed by atoms with Crippen molar-refractivity contribution in [1.82, 2.24) is 15.3 Å². The highest BCUT2D eigenvalue weighted by Gasteiger charge is 2.18. The molecule has 0 amide bonds. The number of piperidine rings is 1. The normalized spacial score (nSPS) is 16.6. The van der Waals surface area contributed by atoms with Crippen LogP contribution in [0.2, 0.25) is 0 Å². The van der Waals surface area contributed by atoms with Gasteiger partial charge < -0.3 is 10.2 Å². The van der Waals surface area contributed by atoms with Gasteiger partial charge in [0.2, 0.25) is 0 Å². The van der Waals surface area contributed by atoms with Crippen LogP contribution >= 0.6 is 0 Å². The molecule has 0 atom stereocenters. The second kappa shape index (κ2) is 7.58. The Morgan fingerprint density at radius 1 is 1.30 bits per heavy atom. The third-order valence-electron chi connectivity index (χ3n) is 4.02. The van der Waals surface area contributed by atoms with Crippen LogP contribution in [0.25, 0.3) is 0 Å². The molecule has 0 saturated carbocycles. The highest BCUT2D eigenvalue weighted by molar-refractivity contribution is 5.39. The van der Waals surface area contributed by atoms with Crippen LogP contribution in [0.3, 0.4) is 0 Å². The molecular formula is C16H28N4. The zero-order valence-corrected chi connectivity index (χ0v) is 13.1. The number of nitrogens with zero attached hydrogens (tertiary/aromatic N) is 3. The minimum Gasteiger partial charge on any atom is -0.356 e. The summed E-state index contributed by atoms with van der Waals surface area (Å²) in [4.78, 5) is 11.3. The van der Waals surface area contributed by atoms with Crippen molar-refractivity contribution in [3.63, 3.8) is 0 Å². The zero-order valence-electron chi connectivity index (χ0n) is 13.1. The van der Waals surface area contributed by atoms with Gasteiger partial charge >= 0.3 is 0 Å². The standard InChI is InChI=1S/C16H28N4/c1-4-9-20(11-14-5-7-17-8-6-14)16-10-15(13(2)3)18-12-19-16/h10,12-14,17H,4-9,11H2,1-3H3. The van der Waals surface area contributed by atoms with Crippen LogP contribution in [-0.4, -0.2) is 36.1 Å². The fourth-order valence-electron chi connectivity index (χ4n) is 2.80. The fourth-order valence-corrected chi connectivity index (χ4v) is 2.80. The van der Waals surface area contributed by atoms with Gasteiger partial charge in [-0.15, -0.1) is 0 Å². The Labute approximate surface area is 123 Å². The van der Waals surface area contributed by atoms with Crippen molar-refractivity contribution in [3.8, 4) is 0 Å². The van der Waals surface area contributed by atoms with Crippen molar-refractivity contribution in [2.75, 3.05) is 31.1 Å². The first kappa shape index (κ1) is 15.2. The Morgan fingerprint density at radius 2 is 2.05 bits per heavy atom. The van der Waals surface area contributed by atoms with Crippen molar-refractivity contribution in [2.24, 2.45) is 5.92 Å². The van der Waals surface area contributed by atoms with Gasteiger partial charge in [-0.1, -0.05) is 20.8 Å². The van der Waals surface area contributed by atoms with Crippen LogP contribution in [0, 0.1) is 5.92 Å². The van der Waals surface area contributed by atoms with Crippen LogP contribution in [0.4, 0.5) is 5.82 Å². The molecule has 1 aliphatic rings. The Balaban J connectivity index is 2.08. The van der Waals surface area contributed by atoms with Crippen molar-refractivity contribution in [2.45, 2.75) is 46.0 Å². The quantitative estimate of drug-likeness (QED) is 0.867. The van der Waals surface area contributed by atoms with E-state index in [1.165, 1.54) is 12.8 Å². The average Bonchev–Trinajstić information content (AvgIpc) is 2.48. The molecule has 2 heterocycles. The summed E-state index contributed by atoms with van der Waals surface area (Å²) in [5, 5.41) is 3.44. The molecule has 0 bridgehead atoms. The summed E-state index contributed by atoms with van der Waals surface area (Å²) < 4.78 is 0. The first-order chi connectivity index (χ1) is 9.70. The van der Waals surface area contributed by atoms with Crippen LogP contribution in [0.15, 0.2) is 12.4 Å². The number of anilines is 1. The molecule has 1 aromatic heterocycles.